The smallest absolute Gasteiger partial charge is 0.0587 e. The first-order chi connectivity index (χ1) is 9.31. The maximum absolute atomic E-state index is 5.11. The summed E-state index contributed by atoms with van der Waals surface area (Å²) in [7, 11) is 1.77. The average Bonchev–Trinajstić information content (AvgIpc) is 2.47. The predicted octanol–water partition coefficient (Wildman–Crippen LogP) is 4.17. The molecule has 112 valence electrons. The molecule has 0 aromatic rings. The van der Waals surface area contributed by atoms with Gasteiger partial charge in [0.25, 0.3) is 0 Å². The Bertz CT molecular complexity index is 240. The van der Waals surface area contributed by atoms with Gasteiger partial charge in [0.15, 0.2) is 0 Å². The van der Waals surface area contributed by atoms with E-state index in [1.165, 1.54) is 44.9 Å². The number of methoxy groups -OCH3 is 1. The van der Waals surface area contributed by atoms with E-state index >= 15 is 0 Å². The Morgan fingerprint density at radius 1 is 1.21 bits per heavy atom. The molecule has 0 unspecified atom stereocenters. The third-order valence-electron chi connectivity index (χ3n) is 4.44. The number of hydrogen-bond donors (Lipinski definition) is 1. The molecule has 19 heavy (non-hydrogen) atoms. The Labute approximate surface area is 120 Å². The van der Waals surface area contributed by atoms with Crippen LogP contribution < -0.4 is 5.32 Å². The summed E-state index contributed by atoms with van der Waals surface area (Å²) >= 11 is 0. The van der Waals surface area contributed by atoms with Crippen LogP contribution in [-0.2, 0) is 4.74 Å². The van der Waals surface area contributed by atoms with Crippen LogP contribution in [0.1, 0.15) is 58.8 Å². The number of nitrogens with one attached hydrogen (secondary N) is 1. The monoisotopic (exact) mass is 267 g/mol. The molecular weight excluding hydrogens is 234 g/mol. The molecule has 0 aromatic carbocycles. The summed E-state index contributed by atoms with van der Waals surface area (Å²) in [5.41, 5.74) is 1.67. The molecule has 1 aliphatic carbocycles. The van der Waals surface area contributed by atoms with Crippen LogP contribution in [0.3, 0.4) is 0 Å². The van der Waals surface area contributed by atoms with Crippen LogP contribution in [0.4, 0.5) is 0 Å². The van der Waals surface area contributed by atoms with Crippen molar-refractivity contribution in [3.05, 3.63) is 11.6 Å². The lowest BCUT2D eigenvalue weighted by Crippen LogP contribution is -2.25. The third-order valence-corrected chi connectivity index (χ3v) is 4.44. The quantitative estimate of drug-likeness (QED) is 0.500. The third kappa shape index (κ3) is 6.58. The van der Waals surface area contributed by atoms with Crippen LogP contribution in [0.5, 0.6) is 0 Å². The lowest BCUT2D eigenvalue weighted by molar-refractivity contribution is 0.200. The van der Waals surface area contributed by atoms with Crippen LogP contribution in [0, 0.1) is 11.8 Å². The van der Waals surface area contributed by atoms with Gasteiger partial charge >= 0.3 is 0 Å². The zero-order valence-electron chi connectivity index (χ0n) is 13.2. The van der Waals surface area contributed by atoms with E-state index in [-0.39, 0.29) is 0 Å². The van der Waals surface area contributed by atoms with Gasteiger partial charge in [0.1, 0.15) is 0 Å². The van der Waals surface area contributed by atoms with Gasteiger partial charge < -0.3 is 10.1 Å². The minimum absolute atomic E-state index is 0.765. The van der Waals surface area contributed by atoms with Crippen LogP contribution in [0.15, 0.2) is 11.6 Å². The molecule has 2 nitrogen and oxygen atoms in total. The molecule has 0 bridgehead atoms. The largest absolute Gasteiger partial charge is 0.383 e. The van der Waals surface area contributed by atoms with Crippen molar-refractivity contribution >= 4 is 0 Å². The van der Waals surface area contributed by atoms with Crippen molar-refractivity contribution in [2.24, 2.45) is 11.8 Å². The Kier molecular flexibility index (Phi) is 9.19. The van der Waals surface area contributed by atoms with Crippen LogP contribution >= 0.6 is 0 Å². The first kappa shape index (κ1) is 16.7. The van der Waals surface area contributed by atoms with E-state index in [0.717, 1.165) is 31.5 Å². The minimum atomic E-state index is 0.765. The fourth-order valence-electron chi connectivity index (χ4n) is 3.05. The zero-order valence-corrected chi connectivity index (χ0v) is 13.2. The number of rotatable bonds is 9. The molecule has 0 aromatic heterocycles. The second kappa shape index (κ2) is 10.4. The molecule has 0 spiro atoms. The van der Waals surface area contributed by atoms with E-state index < -0.39 is 0 Å². The van der Waals surface area contributed by atoms with Crippen molar-refractivity contribution in [1.29, 1.82) is 0 Å². The lowest BCUT2D eigenvalue weighted by Gasteiger charge is -2.26. The second-order valence-electron chi connectivity index (χ2n) is 5.82. The zero-order chi connectivity index (χ0) is 13.9. The van der Waals surface area contributed by atoms with E-state index in [0.29, 0.717) is 0 Å². The van der Waals surface area contributed by atoms with E-state index in [1.54, 1.807) is 12.7 Å². The first-order valence-corrected chi connectivity index (χ1v) is 8.22. The summed E-state index contributed by atoms with van der Waals surface area (Å²) in [4.78, 5) is 0. The Morgan fingerprint density at radius 3 is 2.47 bits per heavy atom. The average molecular weight is 267 g/mol. The summed E-state index contributed by atoms with van der Waals surface area (Å²) in [5, 5.41) is 3.54. The fourth-order valence-corrected chi connectivity index (χ4v) is 3.05. The fraction of sp³-hybridized carbons (Fsp3) is 0.882. The van der Waals surface area contributed by atoms with Gasteiger partial charge in [-0.05, 0) is 37.5 Å². The minimum Gasteiger partial charge on any atom is -0.383 e. The van der Waals surface area contributed by atoms with Gasteiger partial charge in [0.2, 0.25) is 0 Å². The number of hydrogen-bond acceptors (Lipinski definition) is 2. The van der Waals surface area contributed by atoms with Gasteiger partial charge in [-0.1, -0.05) is 44.8 Å². The molecule has 0 heterocycles. The Balaban J connectivity index is 2.55. The van der Waals surface area contributed by atoms with E-state index in [1.807, 2.05) is 0 Å². The van der Waals surface area contributed by atoms with Crippen molar-refractivity contribution in [1.82, 2.24) is 5.32 Å². The molecule has 0 atom stereocenters. The molecule has 0 amide bonds. The predicted molar refractivity (Wildman–Crippen MR) is 83.5 cm³/mol. The van der Waals surface area contributed by atoms with E-state index in [9.17, 15) is 0 Å². The Morgan fingerprint density at radius 2 is 1.89 bits per heavy atom. The van der Waals surface area contributed by atoms with Crippen molar-refractivity contribution in [3.8, 4) is 0 Å². The molecule has 0 radical (unpaired) electrons. The summed E-state index contributed by atoms with van der Waals surface area (Å²) in [5.74, 6) is 1.60. The standard InChI is InChI=1S/C17H33NO/c1-4-15(5-2)13-17(14-18-11-12-19-3)16-9-7-6-8-10-16/h13,15-16,18H,4-12,14H2,1-3H3. The molecule has 1 saturated carbocycles. The van der Waals surface area contributed by atoms with Gasteiger partial charge in [-0.15, -0.1) is 0 Å². The van der Waals surface area contributed by atoms with Crippen LogP contribution in [0.2, 0.25) is 0 Å². The van der Waals surface area contributed by atoms with Crippen molar-refractivity contribution in [3.63, 3.8) is 0 Å². The van der Waals surface area contributed by atoms with Gasteiger partial charge in [-0.25, -0.2) is 0 Å². The Hall–Kier alpha value is -0.340. The number of ether oxygens (including phenoxy) is 1. The molecule has 2 heteroatoms. The summed E-state index contributed by atoms with van der Waals surface area (Å²) in [6, 6.07) is 0. The highest BCUT2D eigenvalue weighted by Gasteiger charge is 2.18. The molecule has 0 saturated heterocycles. The van der Waals surface area contributed by atoms with Crippen molar-refractivity contribution < 1.29 is 4.74 Å². The number of allylic oxidation sites excluding steroid dienone is 1. The molecule has 1 rings (SSSR count). The molecule has 0 aliphatic heterocycles. The topological polar surface area (TPSA) is 21.3 Å². The highest BCUT2D eigenvalue weighted by molar-refractivity contribution is 5.11. The highest BCUT2D eigenvalue weighted by Crippen LogP contribution is 2.30. The lowest BCUT2D eigenvalue weighted by atomic mass is 9.82. The summed E-state index contributed by atoms with van der Waals surface area (Å²) in [6.07, 6.45) is 12.2. The van der Waals surface area contributed by atoms with Gasteiger partial charge in [0, 0.05) is 20.2 Å². The second-order valence-corrected chi connectivity index (χ2v) is 5.82. The maximum Gasteiger partial charge on any atom is 0.0587 e. The van der Waals surface area contributed by atoms with Crippen molar-refractivity contribution in [2.75, 3.05) is 26.8 Å². The summed E-state index contributed by atoms with van der Waals surface area (Å²) in [6.45, 7) is 7.44. The van der Waals surface area contributed by atoms with E-state index in [2.05, 4.69) is 25.2 Å². The summed E-state index contributed by atoms with van der Waals surface area (Å²) < 4.78 is 5.11. The highest BCUT2D eigenvalue weighted by atomic mass is 16.5. The maximum atomic E-state index is 5.11. The SMILES string of the molecule is CCC(C=C(CNCCOC)C1CCCCC1)CC. The van der Waals surface area contributed by atoms with E-state index in [4.69, 9.17) is 4.74 Å². The van der Waals surface area contributed by atoms with Gasteiger partial charge in [-0.3, -0.25) is 0 Å². The molecule has 1 N–H and O–H groups in total. The van der Waals surface area contributed by atoms with Crippen LogP contribution in [-0.4, -0.2) is 26.8 Å². The van der Waals surface area contributed by atoms with Crippen LogP contribution in [0.25, 0.3) is 0 Å². The first-order valence-electron chi connectivity index (χ1n) is 8.22. The molecule has 1 aliphatic rings. The molecule has 1 fully saturated rings. The van der Waals surface area contributed by atoms with Crippen molar-refractivity contribution in [2.45, 2.75) is 58.8 Å². The van der Waals surface area contributed by atoms with Gasteiger partial charge in [-0.2, -0.15) is 0 Å². The molecular formula is C17H33NO. The van der Waals surface area contributed by atoms with Gasteiger partial charge in [0.05, 0.1) is 6.61 Å². The normalized spacial score (nSPS) is 18.2.